The Hall–Kier alpha value is -3.53. The summed E-state index contributed by atoms with van der Waals surface area (Å²) in [5.41, 5.74) is 1.72. The number of para-hydroxylation sites is 1. The second-order valence-corrected chi connectivity index (χ2v) is 11.4. The second-order valence-electron chi connectivity index (χ2n) is 10.9. The Morgan fingerprint density at radius 2 is 1.39 bits per heavy atom. The fourth-order valence-corrected chi connectivity index (χ4v) is 5.58. The van der Waals surface area contributed by atoms with Gasteiger partial charge >= 0.3 is 12.4 Å². The lowest BCUT2D eigenvalue weighted by Gasteiger charge is -2.39. The largest absolute Gasteiger partial charge is 0.416 e. The Morgan fingerprint density at radius 1 is 0.795 bits per heavy atom. The summed E-state index contributed by atoms with van der Waals surface area (Å²) in [6.45, 7) is 10.7. The summed E-state index contributed by atoms with van der Waals surface area (Å²) in [5, 5.41) is 0.281. The SMILES string of the molecule is CCc1cc(Cl)c(/N=C(\c2cc(C(F)(F)F)cc(C(F)(F)F)c2)N2CCCN(/C(C)=N/c3c(C)cccc3C)C2)c(CC)c1. The van der Waals surface area contributed by atoms with Gasteiger partial charge in [-0.05, 0) is 86.6 Å². The number of hydrogen-bond donors (Lipinski definition) is 0. The molecule has 1 fully saturated rings. The number of nitrogens with zero attached hydrogens (tertiary/aromatic N) is 4. The molecule has 44 heavy (non-hydrogen) atoms. The molecule has 0 N–H and O–H groups in total. The zero-order valence-corrected chi connectivity index (χ0v) is 26.1. The molecule has 4 rings (SSSR count). The molecule has 1 aliphatic heterocycles. The summed E-state index contributed by atoms with van der Waals surface area (Å²) in [5.74, 6) is 0.651. The lowest BCUT2D eigenvalue weighted by molar-refractivity contribution is -0.143. The van der Waals surface area contributed by atoms with Crippen molar-refractivity contribution in [2.45, 2.75) is 66.2 Å². The number of halogens is 7. The van der Waals surface area contributed by atoms with Gasteiger partial charge in [0.25, 0.3) is 0 Å². The summed E-state index contributed by atoms with van der Waals surface area (Å²) >= 11 is 6.65. The lowest BCUT2D eigenvalue weighted by atomic mass is 10.0. The van der Waals surface area contributed by atoms with Crippen molar-refractivity contribution in [2.24, 2.45) is 9.98 Å². The Morgan fingerprint density at radius 3 is 1.93 bits per heavy atom. The number of aryl methyl sites for hydroxylation is 4. The van der Waals surface area contributed by atoms with E-state index in [1.54, 1.807) is 11.0 Å². The van der Waals surface area contributed by atoms with Gasteiger partial charge in [-0.3, -0.25) is 0 Å². The van der Waals surface area contributed by atoms with E-state index in [4.69, 9.17) is 21.6 Å². The predicted molar refractivity (Wildman–Crippen MR) is 164 cm³/mol. The van der Waals surface area contributed by atoms with Crippen LogP contribution < -0.4 is 0 Å². The first-order valence-corrected chi connectivity index (χ1v) is 14.8. The molecule has 236 valence electrons. The van der Waals surface area contributed by atoms with Crippen LogP contribution in [0.2, 0.25) is 5.02 Å². The summed E-state index contributed by atoms with van der Waals surface area (Å²) in [4.78, 5) is 13.3. The van der Waals surface area contributed by atoms with Crippen molar-refractivity contribution in [3.8, 4) is 0 Å². The number of alkyl halides is 6. The third-order valence-electron chi connectivity index (χ3n) is 7.72. The second kappa shape index (κ2) is 13.2. The topological polar surface area (TPSA) is 31.2 Å². The van der Waals surface area contributed by atoms with Crippen LogP contribution in [0.25, 0.3) is 0 Å². The van der Waals surface area contributed by atoms with E-state index in [1.165, 1.54) is 0 Å². The summed E-state index contributed by atoms with van der Waals surface area (Å²) in [7, 11) is 0. The fourth-order valence-electron chi connectivity index (χ4n) is 5.28. The zero-order valence-electron chi connectivity index (χ0n) is 25.3. The maximum atomic E-state index is 13.9. The van der Waals surface area contributed by atoms with Crippen LogP contribution in [0.15, 0.2) is 58.5 Å². The molecule has 0 spiro atoms. The fraction of sp³-hybridized carbons (Fsp3) is 0.394. The van der Waals surface area contributed by atoms with Crippen LogP contribution in [-0.4, -0.2) is 41.2 Å². The number of aliphatic imine (C=N–C) groups is 2. The Balaban J connectivity index is 1.89. The van der Waals surface area contributed by atoms with Gasteiger partial charge in [-0.25, -0.2) is 9.98 Å². The molecule has 0 aromatic heterocycles. The van der Waals surface area contributed by atoms with E-state index in [9.17, 15) is 26.3 Å². The first kappa shape index (κ1) is 33.4. The monoisotopic (exact) mass is 636 g/mol. The molecule has 0 unspecified atom stereocenters. The predicted octanol–water partition coefficient (Wildman–Crippen LogP) is 9.91. The Bertz CT molecular complexity index is 1520. The van der Waals surface area contributed by atoms with Crippen molar-refractivity contribution in [3.63, 3.8) is 0 Å². The Labute approximate surface area is 259 Å². The van der Waals surface area contributed by atoms with Crippen LogP contribution in [0.3, 0.4) is 0 Å². The molecular weight excluding hydrogens is 602 g/mol. The molecule has 0 aliphatic carbocycles. The molecule has 0 atom stereocenters. The van der Waals surface area contributed by atoms with Gasteiger partial charge in [-0.15, -0.1) is 0 Å². The molecule has 0 amide bonds. The molecule has 1 heterocycles. The molecule has 0 bridgehead atoms. The van der Waals surface area contributed by atoms with Crippen LogP contribution in [0, 0.1) is 13.8 Å². The third-order valence-corrected chi connectivity index (χ3v) is 8.01. The molecule has 1 aliphatic rings. The van der Waals surface area contributed by atoms with Crippen molar-refractivity contribution < 1.29 is 26.3 Å². The van der Waals surface area contributed by atoms with Crippen molar-refractivity contribution >= 4 is 34.6 Å². The summed E-state index contributed by atoms with van der Waals surface area (Å²) < 4.78 is 83.5. The average Bonchev–Trinajstić information content (AvgIpc) is 2.97. The van der Waals surface area contributed by atoms with Gasteiger partial charge in [0.1, 0.15) is 11.7 Å². The summed E-state index contributed by atoms with van der Waals surface area (Å²) in [6, 6.07) is 11.1. The average molecular weight is 637 g/mol. The molecule has 3 aromatic rings. The van der Waals surface area contributed by atoms with Gasteiger partial charge < -0.3 is 9.80 Å². The van der Waals surface area contributed by atoms with Gasteiger partial charge in [-0.2, -0.15) is 26.3 Å². The number of hydrogen-bond acceptors (Lipinski definition) is 2. The maximum Gasteiger partial charge on any atom is 0.416 e. The van der Waals surface area contributed by atoms with Gasteiger partial charge in [0.05, 0.1) is 34.2 Å². The zero-order chi connectivity index (χ0) is 32.4. The minimum absolute atomic E-state index is 0.0213. The standard InChI is InChI=1S/C33H35ClF6N4/c1-6-23-14-24(7-2)30(28(34)15-23)42-31(25-16-26(32(35,36)37)18-27(17-25)33(38,39)40)44-13-9-12-43(19-44)22(5)41-29-20(3)10-8-11-21(29)4/h8,10-11,14-18H,6-7,9,12-13,19H2,1-5H3/b41-22+,42-31+. The van der Waals surface area contributed by atoms with E-state index in [1.807, 2.05) is 63.8 Å². The molecule has 1 saturated heterocycles. The van der Waals surface area contributed by atoms with Crippen molar-refractivity contribution in [1.82, 2.24) is 9.80 Å². The van der Waals surface area contributed by atoms with E-state index in [0.717, 1.165) is 40.1 Å². The summed E-state index contributed by atoms with van der Waals surface area (Å²) in [6.07, 6.45) is -8.21. The smallest absolute Gasteiger partial charge is 0.342 e. The third kappa shape index (κ3) is 7.57. The lowest BCUT2D eigenvalue weighted by Crippen LogP contribution is -2.49. The highest BCUT2D eigenvalue weighted by molar-refractivity contribution is 6.33. The molecule has 4 nitrogen and oxygen atoms in total. The van der Waals surface area contributed by atoms with Crippen molar-refractivity contribution in [2.75, 3.05) is 19.8 Å². The van der Waals surface area contributed by atoms with Gasteiger partial charge in [0.15, 0.2) is 0 Å². The minimum atomic E-state index is -5.00. The van der Waals surface area contributed by atoms with Gasteiger partial charge in [-0.1, -0.05) is 49.7 Å². The Kier molecular flexibility index (Phi) is 10.0. The van der Waals surface area contributed by atoms with Crippen LogP contribution in [0.1, 0.15) is 66.1 Å². The molecule has 0 saturated carbocycles. The van der Waals surface area contributed by atoms with E-state index < -0.39 is 23.5 Å². The highest BCUT2D eigenvalue weighted by Crippen LogP contribution is 2.38. The first-order chi connectivity index (χ1) is 20.6. The van der Waals surface area contributed by atoms with E-state index in [2.05, 4.69) is 0 Å². The van der Waals surface area contributed by atoms with Gasteiger partial charge in [0, 0.05) is 18.7 Å². The van der Waals surface area contributed by atoms with Crippen LogP contribution >= 0.6 is 11.6 Å². The maximum absolute atomic E-state index is 13.9. The van der Waals surface area contributed by atoms with Crippen molar-refractivity contribution in [3.05, 3.63) is 92.5 Å². The molecular formula is C33H35ClF6N4. The highest BCUT2D eigenvalue weighted by atomic mass is 35.5. The van der Waals surface area contributed by atoms with E-state index >= 15 is 0 Å². The van der Waals surface area contributed by atoms with E-state index in [0.29, 0.717) is 43.9 Å². The normalized spacial score (nSPS) is 15.3. The molecule has 0 radical (unpaired) electrons. The molecule has 3 aromatic carbocycles. The quantitative estimate of drug-likeness (QED) is 0.159. The minimum Gasteiger partial charge on any atom is -0.342 e. The number of benzene rings is 3. The number of rotatable bonds is 5. The van der Waals surface area contributed by atoms with E-state index in [-0.39, 0.29) is 29.2 Å². The highest BCUT2D eigenvalue weighted by Gasteiger charge is 2.38. The van der Waals surface area contributed by atoms with Crippen LogP contribution in [-0.2, 0) is 25.2 Å². The van der Waals surface area contributed by atoms with Crippen LogP contribution in [0.5, 0.6) is 0 Å². The van der Waals surface area contributed by atoms with Crippen molar-refractivity contribution in [1.29, 1.82) is 0 Å². The van der Waals surface area contributed by atoms with Crippen LogP contribution in [0.4, 0.5) is 37.7 Å². The molecule has 11 heteroatoms. The van der Waals surface area contributed by atoms with Gasteiger partial charge in [0.2, 0.25) is 0 Å². The number of amidine groups is 2. The first-order valence-electron chi connectivity index (χ1n) is 14.4.